The van der Waals surface area contributed by atoms with Crippen molar-refractivity contribution in [2.24, 2.45) is 10.3 Å². The largest absolute Gasteiger partial charge is 0.562 e. The first-order valence-corrected chi connectivity index (χ1v) is 7.53. The van der Waals surface area contributed by atoms with Gasteiger partial charge in [-0.15, -0.1) is 0 Å². The molecule has 0 aromatic rings. The van der Waals surface area contributed by atoms with Crippen LogP contribution in [0.5, 0.6) is 0 Å². The smallest absolute Gasteiger partial charge is 0.328 e. The molecule has 0 atom stereocenters. The number of carbonyl (C=O) groups is 5. The van der Waals surface area contributed by atoms with E-state index in [0.717, 1.165) is 9.80 Å². The lowest BCUT2D eigenvalue weighted by molar-refractivity contribution is -0.128. The van der Waals surface area contributed by atoms with Gasteiger partial charge in [0, 0.05) is 14.1 Å². The van der Waals surface area contributed by atoms with E-state index in [-0.39, 0.29) is 0 Å². The minimum atomic E-state index is -1.51. The van der Waals surface area contributed by atoms with Crippen molar-refractivity contribution in [3.63, 3.8) is 0 Å². The normalized spacial score (nSPS) is 24.8. The summed E-state index contributed by atoms with van der Waals surface area (Å²) in [4.78, 5) is 70.5. The molecule has 2 amide bonds. The van der Waals surface area contributed by atoms with Crippen LogP contribution >= 0.6 is 0 Å². The van der Waals surface area contributed by atoms with Crippen LogP contribution in [0.4, 0.5) is 4.79 Å². The summed E-state index contributed by atoms with van der Waals surface area (Å²) in [6.45, 7) is 6.04. The van der Waals surface area contributed by atoms with Crippen molar-refractivity contribution in [2.45, 2.75) is 38.8 Å². The highest BCUT2D eigenvalue weighted by molar-refractivity contribution is 6.70. The zero-order valence-corrected chi connectivity index (χ0v) is 15.1. The topological polar surface area (TPSA) is 135 Å². The molecule has 0 aromatic carbocycles. The number of amides is 2. The summed E-state index contributed by atoms with van der Waals surface area (Å²) in [7, 11) is 2.81. The molecule has 0 aliphatic carbocycles. The van der Waals surface area contributed by atoms with Crippen LogP contribution in [0, 0.1) is 0 Å². The van der Waals surface area contributed by atoms with E-state index in [2.05, 4.69) is 20.0 Å². The van der Waals surface area contributed by atoms with Crippen molar-refractivity contribution < 1.29 is 33.6 Å². The van der Waals surface area contributed by atoms with E-state index in [1.54, 1.807) is 0 Å². The molecular formula is C15H18N4O7. The van der Waals surface area contributed by atoms with E-state index in [9.17, 15) is 24.0 Å². The summed E-state index contributed by atoms with van der Waals surface area (Å²) in [5.74, 6) is -2.70. The SMILES string of the molecule is CN1C(=O)/C(=N\OC(=O)O/N=C2/C(=O)N(C)C(C)(C)C2=O)C(=O)C1(C)C. The van der Waals surface area contributed by atoms with Gasteiger partial charge in [0.15, 0.2) is 0 Å². The van der Waals surface area contributed by atoms with Gasteiger partial charge in [-0.3, -0.25) is 28.9 Å². The van der Waals surface area contributed by atoms with Crippen molar-refractivity contribution >= 4 is 41.0 Å². The summed E-state index contributed by atoms with van der Waals surface area (Å²) in [5.41, 5.74) is -3.39. The molecule has 26 heavy (non-hydrogen) atoms. The van der Waals surface area contributed by atoms with Gasteiger partial charge in [-0.1, -0.05) is 10.3 Å². The molecule has 140 valence electrons. The highest BCUT2D eigenvalue weighted by atomic mass is 16.8. The van der Waals surface area contributed by atoms with Crippen molar-refractivity contribution in [2.75, 3.05) is 14.1 Å². The molecule has 0 unspecified atom stereocenters. The predicted molar refractivity (Wildman–Crippen MR) is 86.1 cm³/mol. The zero-order chi connectivity index (χ0) is 20.0. The average molecular weight is 366 g/mol. The molecule has 2 rings (SSSR count). The van der Waals surface area contributed by atoms with Gasteiger partial charge >= 0.3 is 6.16 Å². The van der Waals surface area contributed by atoms with Gasteiger partial charge in [0.05, 0.1) is 0 Å². The maximum absolute atomic E-state index is 12.1. The Bertz CT molecular complexity index is 730. The van der Waals surface area contributed by atoms with Crippen LogP contribution in [0.1, 0.15) is 27.7 Å². The number of hydrogen-bond acceptors (Lipinski definition) is 9. The second-order valence-corrected chi connectivity index (χ2v) is 6.82. The minimum absolute atomic E-state index is 0.573. The van der Waals surface area contributed by atoms with Crippen molar-refractivity contribution in [3.05, 3.63) is 0 Å². The van der Waals surface area contributed by atoms with Crippen molar-refractivity contribution in [1.29, 1.82) is 0 Å². The van der Waals surface area contributed by atoms with E-state index in [4.69, 9.17) is 0 Å². The third-order valence-electron chi connectivity index (χ3n) is 4.66. The maximum atomic E-state index is 12.1. The van der Waals surface area contributed by atoms with Crippen LogP contribution < -0.4 is 0 Å². The fourth-order valence-corrected chi connectivity index (χ4v) is 2.25. The monoisotopic (exact) mass is 366 g/mol. The van der Waals surface area contributed by atoms with Gasteiger partial charge in [-0.2, -0.15) is 4.79 Å². The van der Waals surface area contributed by atoms with Crippen molar-refractivity contribution in [1.82, 2.24) is 9.80 Å². The van der Waals surface area contributed by atoms with Gasteiger partial charge in [0.1, 0.15) is 11.1 Å². The Morgan fingerprint density at radius 1 is 0.769 bits per heavy atom. The Morgan fingerprint density at radius 2 is 1.08 bits per heavy atom. The Hall–Kier alpha value is -3.11. The van der Waals surface area contributed by atoms with Crippen LogP contribution in [-0.2, 0) is 28.9 Å². The molecular weight excluding hydrogens is 348 g/mol. The summed E-state index contributed by atoms with van der Waals surface area (Å²) in [5, 5.41) is 6.42. The number of carbonyl (C=O) groups excluding carboxylic acids is 5. The first-order valence-electron chi connectivity index (χ1n) is 7.53. The van der Waals surface area contributed by atoms with Gasteiger partial charge < -0.3 is 9.80 Å². The molecule has 0 N–H and O–H groups in total. The molecule has 2 saturated heterocycles. The van der Waals surface area contributed by atoms with Crippen molar-refractivity contribution in [3.8, 4) is 0 Å². The predicted octanol–water partition coefficient (Wildman–Crippen LogP) is -0.509. The van der Waals surface area contributed by atoms with Gasteiger partial charge in [0.2, 0.25) is 23.0 Å². The molecule has 11 nitrogen and oxygen atoms in total. The van der Waals surface area contributed by atoms with Crippen LogP contribution in [0.3, 0.4) is 0 Å². The fraction of sp³-hybridized carbons (Fsp3) is 0.533. The zero-order valence-electron chi connectivity index (χ0n) is 15.1. The quantitative estimate of drug-likeness (QED) is 0.474. The van der Waals surface area contributed by atoms with E-state index >= 15 is 0 Å². The van der Waals surface area contributed by atoms with E-state index < -0.39 is 52.0 Å². The standard InChI is InChI=1S/C15H18N4O7/c1-14(2)9(20)7(11(22)18(14)5)16-25-13(24)26-17-8-10(21)15(3,4)19(6)12(8)23/h1-6H3/b16-7-,17-8+. The molecule has 0 saturated carbocycles. The van der Waals surface area contributed by atoms with Crippen LogP contribution in [0.25, 0.3) is 0 Å². The van der Waals surface area contributed by atoms with Crippen LogP contribution in [-0.4, -0.2) is 75.9 Å². The summed E-state index contributed by atoms with van der Waals surface area (Å²) >= 11 is 0. The molecule has 2 fully saturated rings. The molecule has 0 aromatic heterocycles. The third kappa shape index (κ3) is 2.74. The molecule has 0 bridgehead atoms. The lowest BCUT2D eigenvalue weighted by Gasteiger charge is -2.24. The highest BCUT2D eigenvalue weighted by Crippen LogP contribution is 2.24. The van der Waals surface area contributed by atoms with E-state index in [1.807, 2.05) is 0 Å². The molecule has 2 aliphatic heterocycles. The maximum Gasteiger partial charge on any atom is 0.562 e. The minimum Gasteiger partial charge on any atom is -0.328 e. The van der Waals surface area contributed by atoms with Gasteiger partial charge in [0.25, 0.3) is 11.8 Å². The second-order valence-electron chi connectivity index (χ2n) is 6.82. The number of nitrogens with zero attached hydrogens (tertiary/aromatic N) is 4. The van der Waals surface area contributed by atoms with Gasteiger partial charge in [-0.25, -0.2) is 0 Å². The Kier molecular flexibility index (Phi) is 4.44. The molecule has 2 aliphatic rings. The van der Waals surface area contributed by atoms with E-state index in [0.29, 0.717) is 0 Å². The molecule has 11 heteroatoms. The first-order chi connectivity index (χ1) is 11.8. The summed E-state index contributed by atoms with van der Waals surface area (Å²) < 4.78 is 0. The Labute approximate surface area is 148 Å². The van der Waals surface area contributed by atoms with E-state index in [1.165, 1.54) is 41.8 Å². The summed E-state index contributed by atoms with van der Waals surface area (Å²) in [6, 6.07) is 0. The average Bonchev–Trinajstić information content (AvgIpc) is 2.81. The molecule has 0 spiro atoms. The molecule has 0 radical (unpaired) electrons. The lowest BCUT2D eigenvalue weighted by Crippen LogP contribution is -2.41. The number of hydrogen-bond donors (Lipinski definition) is 0. The number of ketones is 2. The number of likely N-dealkylation sites (tertiary alicyclic amines) is 2. The first kappa shape index (κ1) is 19.2. The fourth-order valence-electron chi connectivity index (χ4n) is 2.25. The Balaban J connectivity index is 2.09. The lowest BCUT2D eigenvalue weighted by atomic mass is 10.0. The number of likely N-dealkylation sites (N-methyl/N-ethyl adjacent to an activating group) is 2. The second kappa shape index (κ2) is 6.00. The van der Waals surface area contributed by atoms with Crippen LogP contribution in [0.15, 0.2) is 10.3 Å². The highest BCUT2D eigenvalue weighted by Gasteiger charge is 2.50. The summed E-state index contributed by atoms with van der Waals surface area (Å²) in [6.07, 6.45) is -1.51. The number of Topliss-reactive ketones (excluding diaryl/α,β-unsaturated/α-hetero) is 2. The number of oxime groups is 2. The number of rotatable bonds is 2. The Morgan fingerprint density at radius 3 is 1.31 bits per heavy atom. The van der Waals surface area contributed by atoms with Crippen LogP contribution in [0.2, 0.25) is 0 Å². The van der Waals surface area contributed by atoms with Gasteiger partial charge in [-0.05, 0) is 27.7 Å². The third-order valence-corrected chi connectivity index (χ3v) is 4.66. The molecule has 2 heterocycles.